The molecule has 16 heavy (non-hydrogen) atoms. The van der Waals surface area contributed by atoms with Crippen LogP contribution in [-0.4, -0.2) is 16.7 Å². The topological polar surface area (TPSA) is 77.2 Å². The van der Waals surface area contributed by atoms with Gasteiger partial charge < -0.3 is 10.5 Å². The van der Waals surface area contributed by atoms with E-state index in [2.05, 4.69) is 10.3 Å². The van der Waals surface area contributed by atoms with Crippen molar-refractivity contribution in [2.75, 3.05) is 11.1 Å². The number of halogens is 1. The SMILES string of the molecule is CC(C)(C)OC(=O)Nc1ncc(F)cc1N. The number of carbonyl (C=O) groups excluding carboxylic acids is 1. The first kappa shape index (κ1) is 12.2. The van der Waals surface area contributed by atoms with E-state index in [4.69, 9.17) is 10.5 Å². The Hall–Kier alpha value is -1.85. The van der Waals surface area contributed by atoms with Crippen LogP contribution >= 0.6 is 0 Å². The summed E-state index contributed by atoms with van der Waals surface area (Å²) in [5.74, 6) is -0.483. The number of pyridine rings is 1. The van der Waals surface area contributed by atoms with Gasteiger partial charge in [-0.25, -0.2) is 14.2 Å². The second-order valence-electron chi connectivity index (χ2n) is 4.22. The average Bonchev–Trinajstić information content (AvgIpc) is 2.06. The van der Waals surface area contributed by atoms with Crippen molar-refractivity contribution in [1.29, 1.82) is 0 Å². The highest BCUT2D eigenvalue weighted by atomic mass is 19.1. The van der Waals surface area contributed by atoms with Gasteiger partial charge in [0.05, 0.1) is 11.9 Å². The first-order valence-electron chi connectivity index (χ1n) is 4.69. The average molecular weight is 227 g/mol. The molecule has 0 saturated heterocycles. The van der Waals surface area contributed by atoms with E-state index >= 15 is 0 Å². The molecule has 0 aliphatic rings. The van der Waals surface area contributed by atoms with Gasteiger partial charge in [-0.2, -0.15) is 0 Å². The molecule has 0 unspecified atom stereocenters. The van der Waals surface area contributed by atoms with Gasteiger partial charge in [0.2, 0.25) is 0 Å². The summed E-state index contributed by atoms with van der Waals surface area (Å²) in [4.78, 5) is 15.0. The fraction of sp³-hybridized carbons (Fsp3) is 0.400. The van der Waals surface area contributed by atoms with E-state index in [9.17, 15) is 9.18 Å². The number of hydrogen-bond donors (Lipinski definition) is 2. The van der Waals surface area contributed by atoms with Gasteiger partial charge in [-0.3, -0.25) is 5.32 Å². The minimum Gasteiger partial charge on any atom is -0.444 e. The molecule has 0 bridgehead atoms. The molecule has 0 spiro atoms. The maximum absolute atomic E-state index is 12.7. The van der Waals surface area contributed by atoms with Crippen molar-refractivity contribution in [3.8, 4) is 0 Å². The predicted octanol–water partition coefficient (Wildman–Crippen LogP) is 2.15. The highest BCUT2D eigenvalue weighted by Crippen LogP contribution is 2.16. The molecule has 0 aliphatic heterocycles. The van der Waals surface area contributed by atoms with Gasteiger partial charge in [0, 0.05) is 6.07 Å². The molecular formula is C10H14FN3O2. The molecule has 0 aromatic carbocycles. The van der Waals surface area contributed by atoms with Crippen molar-refractivity contribution in [3.63, 3.8) is 0 Å². The van der Waals surface area contributed by atoms with E-state index in [1.54, 1.807) is 20.8 Å². The third kappa shape index (κ3) is 3.72. The van der Waals surface area contributed by atoms with Crippen LogP contribution < -0.4 is 11.1 Å². The number of hydrogen-bond acceptors (Lipinski definition) is 4. The number of amides is 1. The number of carbonyl (C=O) groups is 1. The molecule has 88 valence electrons. The zero-order valence-electron chi connectivity index (χ0n) is 9.37. The molecule has 1 aromatic heterocycles. The molecule has 0 radical (unpaired) electrons. The third-order valence-corrected chi connectivity index (χ3v) is 1.50. The number of anilines is 2. The molecule has 5 nitrogen and oxygen atoms in total. The van der Waals surface area contributed by atoms with E-state index in [0.717, 1.165) is 12.3 Å². The Morgan fingerprint density at radius 3 is 2.69 bits per heavy atom. The molecule has 3 N–H and O–H groups in total. The van der Waals surface area contributed by atoms with E-state index in [1.807, 2.05) is 0 Å². The Morgan fingerprint density at radius 2 is 2.19 bits per heavy atom. The molecule has 0 saturated carbocycles. The minimum absolute atomic E-state index is 0.0471. The lowest BCUT2D eigenvalue weighted by molar-refractivity contribution is 0.0635. The van der Waals surface area contributed by atoms with E-state index in [0.29, 0.717) is 0 Å². The van der Waals surface area contributed by atoms with Crippen LogP contribution in [-0.2, 0) is 4.74 Å². The van der Waals surface area contributed by atoms with Crippen molar-refractivity contribution in [2.24, 2.45) is 0 Å². The van der Waals surface area contributed by atoms with Gasteiger partial charge in [0.1, 0.15) is 11.4 Å². The summed E-state index contributed by atoms with van der Waals surface area (Å²) >= 11 is 0. The van der Waals surface area contributed by atoms with Crippen LogP contribution in [0.5, 0.6) is 0 Å². The quantitative estimate of drug-likeness (QED) is 0.770. The lowest BCUT2D eigenvalue weighted by Crippen LogP contribution is -2.27. The fourth-order valence-corrected chi connectivity index (χ4v) is 0.960. The molecule has 6 heteroatoms. The zero-order chi connectivity index (χ0) is 12.3. The molecule has 1 aromatic rings. The largest absolute Gasteiger partial charge is 0.444 e. The summed E-state index contributed by atoms with van der Waals surface area (Å²) in [5, 5.41) is 2.33. The van der Waals surface area contributed by atoms with Crippen LogP contribution in [0.3, 0.4) is 0 Å². The predicted molar refractivity (Wildman–Crippen MR) is 58.5 cm³/mol. The van der Waals surface area contributed by atoms with Crippen LogP contribution in [0.4, 0.5) is 20.7 Å². The highest BCUT2D eigenvalue weighted by Gasteiger charge is 2.17. The van der Waals surface area contributed by atoms with Crippen molar-refractivity contribution in [2.45, 2.75) is 26.4 Å². The maximum Gasteiger partial charge on any atom is 0.413 e. The summed E-state index contributed by atoms with van der Waals surface area (Å²) in [6, 6.07) is 1.07. The van der Waals surface area contributed by atoms with Crippen molar-refractivity contribution >= 4 is 17.6 Å². The van der Waals surface area contributed by atoms with Gasteiger partial charge in [0.25, 0.3) is 0 Å². The number of rotatable bonds is 1. The molecule has 1 amide bonds. The molecule has 0 atom stereocenters. The molecule has 1 heterocycles. The Morgan fingerprint density at radius 1 is 1.56 bits per heavy atom. The van der Waals surface area contributed by atoms with Crippen LogP contribution in [0.2, 0.25) is 0 Å². The number of nitrogens with two attached hydrogens (primary N) is 1. The van der Waals surface area contributed by atoms with E-state index < -0.39 is 17.5 Å². The summed E-state index contributed by atoms with van der Waals surface area (Å²) in [6.45, 7) is 5.19. The van der Waals surface area contributed by atoms with Gasteiger partial charge in [0.15, 0.2) is 5.82 Å². The smallest absolute Gasteiger partial charge is 0.413 e. The van der Waals surface area contributed by atoms with E-state index in [-0.39, 0.29) is 11.5 Å². The summed E-state index contributed by atoms with van der Waals surface area (Å²) in [5.41, 5.74) is 4.90. The Balaban J connectivity index is 2.70. The minimum atomic E-state index is -0.682. The first-order chi connectivity index (χ1) is 7.28. The highest BCUT2D eigenvalue weighted by molar-refractivity contribution is 5.87. The standard InChI is InChI=1S/C10H14FN3O2/c1-10(2,3)16-9(15)14-8-7(12)4-6(11)5-13-8/h4-5H,12H2,1-3H3,(H,13,14,15). The van der Waals surface area contributed by atoms with Gasteiger partial charge in [-0.1, -0.05) is 0 Å². The maximum atomic E-state index is 12.7. The summed E-state index contributed by atoms with van der Waals surface area (Å²) < 4.78 is 17.7. The van der Waals surface area contributed by atoms with Crippen molar-refractivity contribution in [1.82, 2.24) is 4.98 Å². The van der Waals surface area contributed by atoms with Crippen LogP contribution in [0, 0.1) is 5.82 Å². The number of ether oxygens (including phenoxy) is 1. The number of nitrogens with one attached hydrogen (secondary N) is 1. The van der Waals surface area contributed by atoms with Gasteiger partial charge in [-0.15, -0.1) is 0 Å². The van der Waals surface area contributed by atoms with Crippen LogP contribution in [0.25, 0.3) is 0 Å². The monoisotopic (exact) mass is 227 g/mol. The van der Waals surface area contributed by atoms with Crippen LogP contribution in [0.1, 0.15) is 20.8 Å². The zero-order valence-corrected chi connectivity index (χ0v) is 9.37. The van der Waals surface area contributed by atoms with Crippen LogP contribution in [0.15, 0.2) is 12.3 Å². The normalized spacial score (nSPS) is 11.0. The summed E-state index contributed by atoms with van der Waals surface area (Å²) in [7, 11) is 0. The fourth-order valence-electron chi connectivity index (χ4n) is 0.960. The van der Waals surface area contributed by atoms with Crippen molar-refractivity contribution < 1.29 is 13.9 Å². The number of nitrogens with zero attached hydrogens (tertiary/aromatic N) is 1. The molecule has 1 rings (SSSR count). The van der Waals surface area contributed by atoms with Gasteiger partial charge in [-0.05, 0) is 20.8 Å². The third-order valence-electron chi connectivity index (χ3n) is 1.50. The van der Waals surface area contributed by atoms with E-state index in [1.165, 1.54) is 0 Å². The second kappa shape index (κ2) is 4.34. The second-order valence-corrected chi connectivity index (χ2v) is 4.22. The lowest BCUT2D eigenvalue weighted by Gasteiger charge is -2.19. The first-order valence-corrected chi connectivity index (χ1v) is 4.69. The number of nitrogen functional groups attached to an aromatic ring is 1. The summed E-state index contributed by atoms with van der Waals surface area (Å²) in [6.07, 6.45) is 0.279. The van der Waals surface area contributed by atoms with Crippen molar-refractivity contribution in [3.05, 3.63) is 18.1 Å². The molecular weight excluding hydrogens is 213 g/mol. The Kier molecular flexibility index (Phi) is 3.31. The Bertz CT molecular complexity index is 402. The van der Waals surface area contributed by atoms with Gasteiger partial charge >= 0.3 is 6.09 Å². The number of aromatic nitrogens is 1. The lowest BCUT2D eigenvalue weighted by atomic mass is 10.2. The Labute approximate surface area is 92.8 Å². The molecule has 0 aliphatic carbocycles. The molecule has 0 fully saturated rings.